The number of allylic oxidation sites excluding steroid dienone is 2. The van der Waals surface area contributed by atoms with Gasteiger partial charge in [-0.25, -0.2) is 0 Å². The van der Waals surface area contributed by atoms with Gasteiger partial charge >= 0.3 is 13.1 Å². The van der Waals surface area contributed by atoms with Gasteiger partial charge in [-0.15, -0.1) is 12.4 Å². The third-order valence-corrected chi connectivity index (χ3v) is 2.41. The summed E-state index contributed by atoms with van der Waals surface area (Å²) in [4.78, 5) is 10.8. The van der Waals surface area contributed by atoms with E-state index < -0.39 is 24.6 Å². The maximum absolute atomic E-state index is 10.8. The van der Waals surface area contributed by atoms with Crippen molar-refractivity contribution in [2.75, 3.05) is 0 Å². The predicted molar refractivity (Wildman–Crippen MR) is 61.2 cm³/mol. The standard InChI is InChI=1S/C9H13BO5.ClH/c11-8(12)7-3-1-2-4-9(7,13)5-6-10(14)15;/h1-4,7,13-15H,5-6H2,(H,11,12);1H. The van der Waals surface area contributed by atoms with Crippen molar-refractivity contribution in [3.8, 4) is 0 Å². The van der Waals surface area contributed by atoms with Gasteiger partial charge in [0.05, 0.1) is 5.60 Å². The quantitative estimate of drug-likeness (QED) is 0.518. The third kappa shape index (κ3) is 3.64. The van der Waals surface area contributed by atoms with Crippen molar-refractivity contribution in [2.24, 2.45) is 5.92 Å². The van der Waals surface area contributed by atoms with Crippen LogP contribution in [0, 0.1) is 5.92 Å². The van der Waals surface area contributed by atoms with Crippen LogP contribution in [0.15, 0.2) is 24.3 Å². The maximum Gasteiger partial charge on any atom is 0.451 e. The zero-order valence-corrected chi connectivity index (χ0v) is 9.30. The van der Waals surface area contributed by atoms with Crippen LogP contribution in [0.3, 0.4) is 0 Å². The molecule has 0 heterocycles. The van der Waals surface area contributed by atoms with Crippen molar-refractivity contribution in [1.82, 2.24) is 0 Å². The van der Waals surface area contributed by atoms with Crippen LogP contribution in [-0.2, 0) is 4.79 Å². The van der Waals surface area contributed by atoms with E-state index in [1.807, 2.05) is 0 Å². The zero-order chi connectivity index (χ0) is 11.5. The fourth-order valence-corrected chi connectivity index (χ4v) is 1.56. The van der Waals surface area contributed by atoms with Gasteiger partial charge in [-0.05, 0) is 12.7 Å². The molecule has 0 fully saturated rings. The Labute approximate surface area is 99.7 Å². The highest BCUT2D eigenvalue weighted by molar-refractivity contribution is 6.40. The number of hydrogen-bond donors (Lipinski definition) is 4. The molecule has 90 valence electrons. The molecule has 0 amide bonds. The summed E-state index contributed by atoms with van der Waals surface area (Å²) >= 11 is 0. The zero-order valence-electron chi connectivity index (χ0n) is 8.48. The SMILES string of the molecule is Cl.O=C(O)C1C=CC=CC1(O)CCB(O)O. The second kappa shape index (κ2) is 6.05. The summed E-state index contributed by atoms with van der Waals surface area (Å²) < 4.78 is 0. The van der Waals surface area contributed by atoms with Crippen molar-refractivity contribution in [1.29, 1.82) is 0 Å². The second-order valence-electron chi connectivity index (χ2n) is 3.57. The highest BCUT2D eigenvalue weighted by Crippen LogP contribution is 2.29. The van der Waals surface area contributed by atoms with E-state index in [1.54, 1.807) is 12.2 Å². The van der Waals surface area contributed by atoms with Gasteiger partial charge in [0.15, 0.2) is 0 Å². The molecule has 0 aliphatic heterocycles. The van der Waals surface area contributed by atoms with Crippen molar-refractivity contribution in [3.05, 3.63) is 24.3 Å². The number of hydrogen-bond acceptors (Lipinski definition) is 4. The molecule has 0 saturated heterocycles. The first-order chi connectivity index (χ1) is 6.96. The van der Waals surface area contributed by atoms with E-state index >= 15 is 0 Å². The van der Waals surface area contributed by atoms with Gasteiger partial charge in [-0.1, -0.05) is 24.3 Å². The number of aliphatic carboxylic acids is 1. The van der Waals surface area contributed by atoms with Crippen LogP contribution in [-0.4, -0.2) is 38.9 Å². The lowest BCUT2D eigenvalue weighted by molar-refractivity contribution is -0.146. The molecule has 0 bridgehead atoms. The molecule has 1 rings (SSSR count). The van der Waals surface area contributed by atoms with E-state index in [2.05, 4.69) is 0 Å². The van der Waals surface area contributed by atoms with Gasteiger partial charge in [0.25, 0.3) is 0 Å². The molecule has 0 spiro atoms. The summed E-state index contributed by atoms with van der Waals surface area (Å²) in [7, 11) is -1.54. The Morgan fingerprint density at radius 3 is 2.50 bits per heavy atom. The number of carboxylic acid groups (broad SMARTS) is 1. The summed E-state index contributed by atoms with van der Waals surface area (Å²) in [6.45, 7) is 0. The second-order valence-corrected chi connectivity index (χ2v) is 3.57. The lowest BCUT2D eigenvalue weighted by Crippen LogP contribution is -2.41. The molecule has 0 radical (unpaired) electrons. The smallest absolute Gasteiger partial charge is 0.451 e. The first kappa shape index (κ1) is 15.2. The Morgan fingerprint density at radius 1 is 1.38 bits per heavy atom. The predicted octanol–water partition coefficient (Wildman–Crippen LogP) is -0.171. The average molecular weight is 248 g/mol. The van der Waals surface area contributed by atoms with Crippen LogP contribution in [0.25, 0.3) is 0 Å². The summed E-state index contributed by atoms with van der Waals surface area (Å²) in [6.07, 6.45) is 5.76. The number of aliphatic hydroxyl groups is 1. The molecular weight excluding hydrogens is 234 g/mol. The first-order valence-electron chi connectivity index (χ1n) is 4.63. The van der Waals surface area contributed by atoms with Crippen LogP contribution >= 0.6 is 12.4 Å². The molecule has 5 nitrogen and oxygen atoms in total. The fraction of sp³-hybridized carbons (Fsp3) is 0.444. The Hall–Kier alpha value is -0.815. The van der Waals surface area contributed by atoms with Gasteiger partial charge < -0.3 is 20.3 Å². The van der Waals surface area contributed by atoms with Crippen molar-refractivity contribution in [3.63, 3.8) is 0 Å². The van der Waals surface area contributed by atoms with Crippen LogP contribution in [0.2, 0.25) is 6.32 Å². The monoisotopic (exact) mass is 248 g/mol. The Morgan fingerprint density at radius 2 is 2.00 bits per heavy atom. The Kier molecular flexibility index (Phi) is 5.74. The lowest BCUT2D eigenvalue weighted by atomic mass is 9.73. The van der Waals surface area contributed by atoms with Crippen LogP contribution < -0.4 is 0 Å². The summed E-state index contributed by atoms with van der Waals surface area (Å²) in [6, 6.07) is 0. The third-order valence-electron chi connectivity index (χ3n) is 2.41. The van der Waals surface area contributed by atoms with Gasteiger partial charge in [0.2, 0.25) is 0 Å². The highest BCUT2D eigenvalue weighted by atomic mass is 35.5. The van der Waals surface area contributed by atoms with Gasteiger partial charge in [-0.2, -0.15) is 0 Å². The molecule has 0 aromatic rings. The van der Waals surface area contributed by atoms with Gasteiger partial charge in [0.1, 0.15) is 5.92 Å². The minimum Gasteiger partial charge on any atom is -0.481 e. The summed E-state index contributed by atoms with van der Waals surface area (Å²) in [5.41, 5.74) is -1.54. The molecule has 16 heavy (non-hydrogen) atoms. The van der Waals surface area contributed by atoms with Crippen LogP contribution in [0.5, 0.6) is 0 Å². The molecule has 1 aliphatic carbocycles. The molecule has 0 saturated carbocycles. The van der Waals surface area contributed by atoms with E-state index in [1.165, 1.54) is 12.2 Å². The molecule has 0 aromatic heterocycles. The summed E-state index contributed by atoms with van der Waals surface area (Å²) in [5, 5.41) is 36.2. The molecule has 2 atom stereocenters. The highest BCUT2D eigenvalue weighted by Gasteiger charge is 2.39. The summed E-state index contributed by atoms with van der Waals surface area (Å²) in [5.74, 6) is -2.17. The number of rotatable bonds is 4. The first-order valence-corrected chi connectivity index (χ1v) is 4.63. The normalized spacial score (nSPS) is 27.3. The molecule has 4 N–H and O–H groups in total. The van der Waals surface area contributed by atoms with E-state index in [0.29, 0.717) is 0 Å². The van der Waals surface area contributed by atoms with Gasteiger partial charge in [0, 0.05) is 0 Å². The fourth-order valence-electron chi connectivity index (χ4n) is 1.56. The van der Waals surface area contributed by atoms with Crippen molar-refractivity contribution >= 4 is 25.5 Å². The Balaban J connectivity index is 0.00000225. The lowest BCUT2D eigenvalue weighted by Gasteiger charge is -2.30. The molecule has 1 aliphatic rings. The van der Waals surface area contributed by atoms with Crippen LogP contribution in [0.4, 0.5) is 0 Å². The molecular formula is C9H14BClO5. The number of halogens is 1. The van der Waals surface area contributed by atoms with Crippen LogP contribution in [0.1, 0.15) is 6.42 Å². The van der Waals surface area contributed by atoms with Crippen molar-refractivity contribution < 1.29 is 25.1 Å². The van der Waals surface area contributed by atoms with E-state index in [9.17, 15) is 9.90 Å². The Bertz CT molecular complexity index is 304. The van der Waals surface area contributed by atoms with Gasteiger partial charge in [-0.3, -0.25) is 4.79 Å². The van der Waals surface area contributed by atoms with E-state index in [4.69, 9.17) is 15.2 Å². The largest absolute Gasteiger partial charge is 0.481 e. The topological polar surface area (TPSA) is 98.0 Å². The van der Waals surface area contributed by atoms with E-state index in [0.717, 1.165) is 0 Å². The average Bonchev–Trinajstić information content (AvgIpc) is 2.15. The molecule has 2 unspecified atom stereocenters. The number of carboxylic acids is 1. The minimum absolute atomic E-state index is 0. The van der Waals surface area contributed by atoms with Crippen molar-refractivity contribution in [2.45, 2.75) is 18.3 Å². The minimum atomic E-state index is -1.54. The molecule has 7 heteroatoms. The van der Waals surface area contributed by atoms with E-state index in [-0.39, 0.29) is 25.1 Å². The number of carbonyl (C=O) groups is 1. The molecule has 0 aromatic carbocycles. The maximum atomic E-state index is 10.8.